The number of hydrogen-bond acceptors (Lipinski definition) is 8. The van der Waals surface area contributed by atoms with E-state index in [1.165, 1.54) is 0 Å². The fourth-order valence-corrected chi connectivity index (χ4v) is 3.86. The number of aromatic nitrogens is 4. The summed E-state index contributed by atoms with van der Waals surface area (Å²) in [6.07, 6.45) is 4.61. The van der Waals surface area contributed by atoms with E-state index in [2.05, 4.69) is 49.3 Å². The molecular weight excluding hydrogens is 434 g/mol. The normalized spacial score (nSPS) is 16.4. The summed E-state index contributed by atoms with van der Waals surface area (Å²) in [6.45, 7) is 4.87. The van der Waals surface area contributed by atoms with Gasteiger partial charge < -0.3 is 24.6 Å². The molecule has 4 rings (SSSR count). The summed E-state index contributed by atoms with van der Waals surface area (Å²) in [5, 5.41) is 9.99. The zero-order valence-corrected chi connectivity index (χ0v) is 20.0. The molecule has 0 saturated carbocycles. The number of ether oxygens (including phenoxy) is 2. The van der Waals surface area contributed by atoms with Crippen molar-refractivity contribution in [2.24, 2.45) is 0 Å². The van der Waals surface area contributed by atoms with Crippen LogP contribution in [0.1, 0.15) is 28.5 Å². The minimum Gasteiger partial charge on any atom is -0.497 e. The van der Waals surface area contributed by atoms with Gasteiger partial charge >= 0.3 is 0 Å². The van der Waals surface area contributed by atoms with Crippen molar-refractivity contribution in [3.05, 3.63) is 53.5 Å². The number of anilines is 2. The summed E-state index contributed by atoms with van der Waals surface area (Å²) in [4.78, 5) is 25.9. The minimum absolute atomic E-state index is 0.297. The van der Waals surface area contributed by atoms with Crippen LogP contribution in [0.15, 0.2) is 36.7 Å². The zero-order valence-electron chi connectivity index (χ0n) is 20.0. The molecule has 10 heteroatoms. The first-order valence-electron chi connectivity index (χ1n) is 11.3. The van der Waals surface area contributed by atoms with E-state index in [4.69, 9.17) is 9.47 Å². The van der Waals surface area contributed by atoms with Crippen LogP contribution in [0.3, 0.4) is 0 Å². The van der Waals surface area contributed by atoms with Crippen molar-refractivity contribution in [3.63, 3.8) is 0 Å². The van der Waals surface area contributed by atoms with Gasteiger partial charge in [0.05, 0.1) is 19.8 Å². The second-order valence-corrected chi connectivity index (χ2v) is 8.50. The van der Waals surface area contributed by atoms with Gasteiger partial charge in [0.25, 0.3) is 5.91 Å². The Hall–Kier alpha value is -3.66. The molecule has 3 heterocycles. The molecule has 1 fully saturated rings. The van der Waals surface area contributed by atoms with Crippen LogP contribution in [-0.4, -0.2) is 77.9 Å². The fraction of sp³-hybridized carbons (Fsp3) is 0.417. The fourth-order valence-electron chi connectivity index (χ4n) is 3.86. The van der Waals surface area contributed by atoms with Gasteiger partial charge in [-0.25, -0.2) is 9.97 Å². The Morgan fingerprint density at radius 3 is 2.44 bits per heavy atom. The molecule has 10 nitrogen and oxygen atoms in total. The first-order valence-corrected chi connectivity index (χ1v) is 11.3. The van der Waals surface area contributed by atoms with E-state index in [9.17, 15) is 4.79 Å². The molecule has 180 valence electrons. The SMILES string of the molecule is COc1cc(CCc2cc(NC(=O)c3cnc(N4CCN(C)C(C)C4)nc3)n[nH]2)cc(OC)c1. The largest absolute Gasteiger partial charge is 0.497 e. The number of likely N-dealkylation sites (N-methyl/N-ethyl adjacent to an activating group) is 1. The van der Waals surface area contributed by atoms with Crippen LogP contribution in [0.25, 0.3) is 0 Å². The van der Waals surface area contributed by atoms with Crippen LogP contribution in [0.5, 0.6) is 11.5 Å². The summed E-state index contributed by atoms with van der Waals surface area (Å²) >= 11 is 0. The van der Waals surface area contributed by atoms with Gasteiger partial charge in [-0.15, -0.1) is 0 Å². The van der Waals surface area contributed by atoms with Crippen LogP contribution < -0.4 is 19.7 Å². The van der Waals surface area contributed by atoms with E-state index >= 15 is 0 Å². The summed E-state index contributed by atoms with van der Waals surface area (Å²) < 4.78 is 10.7. The summed E-state index contributed by atoms with van der Waals surface area (Å²) in [7, 11) is 5.38. The van der Waals surface area contributed by atoms with Gasteiger partial charge in [-0.1, -0.05) is 0 Å². The lowest BCUT2D eigenvalue weighted by Gasteiger charge is -2.37. The van der Waals surface area contributed by atoms with Gasteiger partial charge in [-0.2, -0.15) is 5.10 Å². The molecule has 1 saturated heterocycles. The number of hydrogen-bond donors (Lipinski definition) is 2. The number of nitrogens with one attached hydrogen (secondary N) is 2. The van der Waals surface area contributed by atoms with E-state index in [1.54, 1.807) is 26.6 Å². The van der Waals surface area contributed by atoms with Crippen LogP contribution in [0, 0.1) is 0 Å². The minimum atomic E-state index is -0.297. The third kappa shape index (κ3) is 5.63. The van der Waals surface area contributed by atoms with Gasteiger partial charge in [0.15, 0.2) is 5.82 Å². The van der Waals surface area contributed by atoms with Crippen molar-refractivity contribution in [2.75, 3.05) is 51.1 Å². The number of carbonyl (C=O) groups excluding carboxylic acids is 1. The second kappa shape index (κ2) is 10.5. The highest BCUT2D eigenvalue weighted by atomic mass is 16.5. The van der Waals surface area contributed by atoms with Crippen molar-refractivity contribution in [3.8, 4) is 11.5 Å². The molecule has 1 atom stereocenters. The van der Waals surface area contributed by atoms with Gasteiger partial charge in [0.1, 0.15) is 11.5 Å². The summed E-state index contributed by atoms with van der Waals surface area (Å²) in [6, 6.07) is 8.06. The number of amides is 1. The van der Waals surface area contributed by atoms with Crippen LogP contribution >= 0.6 is 0 Å². The van der Waals surface area contributed by atoms with E-state index in [1.807, 2.05) is 24.3 Å². The highest BCUT2D eigenvalue weighted by molar-refractivity contribution is 6.03. The van der Waals surface area contributed by atoms with Crippen molar-refractivity contribution in [1.29, 1.82) is 0 Å². The first kappa shape index (κ1) is 23.5. The standard InChI is InChI=1S/C24H31N7O3/c1-16-15-31(8-7-30(16)2)24-25-13-18(14-26-24)23(32)27-22-11-19(28-29-22)6-5-17-9-20(33-3)12-21(10-17)34-4/h9-14,16H,5-8,15H2,1-4H3,(H2,27,28,29,32). The molecule has 1 aliphatic rings. The topological polar surface area (TPSA) is 109 Å². The summed E-state index contributed by atoms with van der Waals surface area (Å²) in [5.74, 6) is 2.31. The lowest BCUT2D eigenvalue weighted by atomic mass is 10.1. The second-order valence-electron chi connectivity index (χ2n) is 8.50. The van der Waals surface area contributed by atoms with Gasteiger partial charge in [0.2, 0.25) is 5.95 Å². The van der Waals surface area contributed by atoms with Crippen molar-refractivity contribution >= 4 is 17.7 Å². The Kier molecular flexibility index (Phi) is 7.27. The van der Waals surface area contributed by atoms with Crippen LogP contribution in [-0.2, 0) is 12.8 Å². The quantitative estimate of drug-likeness (QED) is 0.522. The molecule has 1 aromatic carbocycles. The Labute approximate surface area is 199 Å². The Morgan fingerprint density at radius 1 is 1.09 bits per heavy atom. The zero-order chi connectivity index (χ0) is 24.1. The Bertz CT molecular complexity index is 1090. The molecule has 3 aromatic rings. The number of rotatable bonds is 8. The Morgan fingerprint density at radius 2 is 1.79 bits per heavy atom. The summed E-state index contributed by atoms with van der Waals surface area (Å²) in [5.41, 5.74) is 2.38. The third-order valence-electron chi connectivity index (χ3n) is 6.11. The van der Waals surface area contributed by atoms with Crippen molar-refractivity contribution in [1.82, 2.24) is 25.1 Å². The van der Waals surface area contributed by atoms with Crippen LogP contribution in [0.2, 0.25) is 0 Å². The number of benzene rings is 1. The van der Waals surface area contributed by atoms with Gasteiger partial charge in [0, 0.05) is 55.9 Å². The maximum absolute atomic E-state index is 12.6. The average Bonchev–Trinajstić information content (AvgIpc) is 3.31. The van der Waals surface area contributed by atoms with E-state index in [0.29, 0.717) is 23.4 Å². The predicted molar refractivity (Wildman–Crippen MR) is 130 cm³/mol. The van der Waals surface area contributed by atoms with Gasteiger partial charge in [-0.05, 0) is 44.5 Å². The first-order chi connectivity index (χ1) is 16.4. The molecule has 34 heavy (non-hydrogen) atoms. The molecule has 1 amide bonds. The molecular formula is C24H31N7O3. The number of aryl methyl sites for hydroxylation is 2. The Balaban J connectivity index is 1.33. The number of nitrogens with zero attached hydrogens (tertiary/aromatic N) is 5. The highest BCUT2D eigenvalue weighted by Crippen LogP contribution is 2.23. The molecule has 2 aromatic heterocycles. The highest BCUT2D eigenvalue weighted by Gasteiger charge is 2.22. The molecule has 1 aliphatic heterocycles. The smallest absolute Gasteiger partial charge is 0.260 e. The third-order valence-corrected chi connectivity index (χ3v) is 6.11. The van der Waals surface area contributed by atoms with Crippen molar-refractivity contribution in [2.45, 2.75) is 25.8 Å². The van der Waals surface area contributed by atoms with E-state index in [-0.39, 0.29) is 5.91 Å². The monoisotopic (exact) mass is 465 g/mol. The van der Waals surface area contributed by atoms with Crippen LogP contribution in [0.4, 0.5) is 11.8 Å². The number of H-pyrrole nitrogens is 1. The molecule has 1 unspecified atom stereocenters. The number of aromatic amines is 1. The maximum Gasteiger partial charge on any atom is 0.260 e. The molecule has 0 bridgehead atoms. The van der Waals surface area contributed by atoms with E-state index in [0.717, 1.165) is 55.2 Å². The van der Waals surface area contributed by atoms with E-state index < -0.39 is 0 Å². The predicted octanol–water partition coefficient (Wildman–Crippen LogP) is 2.39. The molecule has 0 spiro atoms. The number of carbonyl (C=O) groups is 1. The number of methoxy groups -OCH3 is 2. The molecule has 0 radical (unpaired) electrons. The molecule has 2 N–H and O–H groups in total. The maximum atomic E-state index is 12.6. The lowest BCUT2D eigenvalue weighted by molar-refractivity contribution is 0.102. The number of piperazine rings is 1. The van der Waals surface area contributed by atoms with Crippen molar-refractivity contribution < 1.29 is 14.3 Å². The van der Waals surface area contributed by atoms with Gasteiger partial charge in [-0.3, -0.25) is 9.89 Å². The molecule has 0 aliphatic carbocycles. The average molecular weight is 466 g/mol. The lowest BCUT2D eigenvalue weighted by Crippen LogP contribution is -2.50.